The lowest BCUT2D eigenvalue weighted by atomic mass is 9.90. The molecule has 0 spiro atoms. The standard InChI is InChI=1S/C21H26O2S.C5H10.C3H6O2.C2H6/c1-13-12-19(23)14(2)17(13)10-8-16(22)9-11-20-15(3)18-6-4-5-7-21(18)24-20;1-3-5-4-2;1-3(4)5-2;1-2/h4-8,10,13-14,16-17,22H,9,11-12H2,1-3H3;3H,1,4-5H2,2H3;1-2H3;1-2H3/b10-8+;;;/t13-,14?,16?,17?;;;/m1.../s1. The van der Waals surface area contributed by atoms with E-state index in [4.69, 9.17) is 0 Å². The Morgan fingerprint density at radius 1 is 1.28 bits per heavy atom. The minimum absolute atomic E-state index is 0.0910. The summed E-state index contributed by atoms with van der Waals surface area (Å²) >= 11 is 1.83. The molecule has 1 heterocycles. The van der Waals surface area contributed by atoms with Gasteiger partial charge in [-0.25, -0.2) is 0 Å². The van der Waals surface area contributed by atoms with Crippen LogP contribution in [0.1, 0.15) is 77.7 Å². The fourth-order valence-corrected chi connectivity index (χ4v) is 5.23. The number of thiophene rings is 1. The Kier molecular flexibility index (Phi) is 17.8. The Morgan fingerprint density at radius 3 is 2.33 bits per heavy atom. The van der Waals surface area contributed by atoms with Crippen LogP contribution in [0.5, 0.6) is 0 Å². The first-order valence-electron chi connectivity index (χ1n) is 13.2. The summed E-state index contributed by atoms with van der Waals surface area (Å²) in [5, 5.41) is 11.6. The quantitative estimate of drug-likeness (QED) is 0.298. The van der Waals surface area contributed by atoms with Crippen LogP contribution in [0.2, 0.25) is 0 Å². The van der Waals surface area contributed by atoms with E-state index >= 15 is 0 Å². The van der Waals surface area contributed by atoms with Crippen molar-refractivity contribution in [2.75, 3.05) is 7.11 Å². The van der Waals surface area contributed by atoms with Gasteiger partial charge in [0.25, 0.3) is 0 Å². The van der Waals surface area contributed by atoms with E-state index in [1.165, 1.54) is 41.0 Å². The molecule has 36 heavy (non-hydrogen) atoms. The van der Waals surface area contributed by atoms with Crippen molar-refractivity contribution in [3.8, 4) is 0 Å². The molecule has 4 nitrogen and oxygen atoms in total. The molecular formula is C31H48O4S. The molecule has 1 N–H and O–H groups in total. The monoisotopic (exact) mass is 516 g/mol. The van der Waals surface area contributed by atoms with E-state index in [9.17, 15) is 14.7 Å². The first kappa shape index (κ1) is 33.8. The van der Waals surface area contributed by atoms with Gasteiger partial charge in [-0.3, -0.25) is 9.59 Å². The van der Waals surface area contributed by atoms with E-state index < -0.39 is 6.10 Å². The highest BCUT2D eigenvalue weighted by atomic mass is 32.1. The van der Waals surface area contributed by atoms with Gasteiger partial charge >= 0.3 is 5.97 Å². The summed E-state index contributed by atoms with van der Waals surface area (Å²) < 4.78 is 5.43. The molecule has 0 radical (unpaired) electrons. The van der Waals surface area contributed by atoms with Crippen LogP contribution in [0.3, 0.4) is 0 Å². The number of esters is 1. The van der Waals surface area contributed by atoms with Crippen LogP contribution >= 0.6 is 11.3 Å². The average molecular weight is 517 g/mol. The largest absolute Gasteiger partial charge is 0.469 e. The summed E-state index contributed by atoms with van der Waals surface area (Å²) in [6, 6.07) is 8.48. The van der Waals surface area contributed by atoms with E-state index in [0.717, 1.165) is 19.3 Å². The minimum atomic E-state index is -0.440. The normalized spacial score (nSPS) is 19.4. The second-order valence-corrected chi connectivity index (χ2v) is 10.1. The highest BCUT2D eigenvalue weighted by molar-refractivity contribution is 7.19. The van der Waals surface area contributed by atoms with Gasteiger partial charge in [0.15, 0.2) is 0 Å². The SMILES string of the molecule is C=CCCC.CC.COC(C)=O.Cc1c(CCC(O)/C=C/C2C(C)C(=O)C[C@H]2C)sc2ccccc12. The van der Waals surface area contributed by atoms with Gasteiger partial charge in [0.2, 0.25) is 0 Å². The third-order valence-corrected chi connectivity index (χ3v) is 7.54. The van der Waals surface area contributed by atoms with Crippen LogP contribution in [-0.2, 0) is 20.7 Å². The van der Waals surface area contributed by atoms with Crippen molar-refractivity contribution in [2.45, 2.75) is 86.7 Å². The molecule has 4 atom stereocenters. The van der Waals surface area contributed by atoms with Crippen molar-refractivity contribution in [3.63, 3.8) is 0 Å². The molecule has 1 aliphatic rings. The zero-order valence-electron chi connectivity index (χ0n) is 23.7. The summed E-state index contributed by atoms with van der Waals surface area (Å²) in [6.45, 7) is 17.4. The lowest BCUT2D eigenvalue weighted by Gasteiger charge is -2.14. The Labute approximate surface area is 223 Å². The number of aliphatic hydroxyl groups excluding tert-OH is 1. The number of allylic oxidation sites excluding steroid dienone is 2. The fraction of sp³-hybridized carbons (Fsp3) is 0.548. The molecule has 3 rings (SSSR count). The number of hydrogen-bond acceptors (Lipinski definition) is 5. The van der Waals surface area contributed by atoms with Crippen molar-refractivity contribution in [3.05, 3.63) is 59.5 Å². The molecule has 1 saturated carbocycles. The second kappa shape index (κ2) is 18.9. The maximum absolute atomic E-state index is 11.8. The molecule has 1 fully saturated rings. The Balaban J connectivity index is 0.000000859. The smallest absolute Gasteiger partial charge is 0.302 e. The maximum atomic E-state index is 11.8. The van der Waals surface area contributed by atoms with Gasteiger partial charge in [0.05, 0.1) is 13.2 Å². The van der Waals surface area contributed by atoms with Gasteiger partial charge in [-0.15, -0.1) is 17.9 Å². The molecule has 0 saturated heterocycles. The highest BCUT2D eigenvalue weighted by Gasteiger charge is 2.35. The molecule has 2 aromatic rings. The van der Waals surface area contributed by atoms with Gasteiger partial charge in [0, 0.05) is 28.8 Å². The molecule has 3 unspecified atom stereocenters. The predicted octanol–water partition coefficient (Wildman–Crippen LogP) is 8.10. The van der Waals surface area contributed by atoms with Gasteiger partial charge in [-0.1, -0.05) is 77.5 Å². The van der Waals surface area contributed by atoms with Crippen molar-refractivity contribution < 1.29 is 19.4 Å². The summed E-state index contributed by atoms with van der Waals surface area (Å²) in [6.07, 6.45) is 10.1. The number of rotatable bonds is 7. The van der Waals surface area contributed by atoms with Gasteiger partial charge in [-0.05, 0) is 55.0 Å². The number of ketones is 1. The molecule has 0 bridgehead atoms. The summed E-state index contributed by atoms with van der Waals surface area (Å²) in [4.78, 5) is 22.7. The molecule has 202 valence electrons. The predicted molar refractivity (Wildman–Crippen MR) is 156 cm³/mol. The van der Waals surface area contributed by atoms with Crippen LogP contribution < -0.4 is 0 Å². The summed E-state index contributed by atoms with van der Waals surface area (Å²) in [7, 11) is 1.35. The average Bonchev–Trinajstić information content (AvgIpc) is 3.33. The van der Waals surface area contributed by atoms with Crippen molar-refractivity contribution in [2.24, 2.45) is 17.8 Å². The van der Waals surface area contributed by atoms with Gasteiger partial charge in [0.1, 0.15) is 5.78 Å². The van der Waals surface area contributed by atoms with E-state index in [2.05, 4.69) is 62.4 Å². The lowest BCUT2D eigenvalue weighted by molar-refractivity contribution is -0.138. The number of ether oxygens (including phenoxy) is 1. The van der Waals surface area contributed by atoms with Crippen molar-refractivity contribution >= 4 is 33.2 Å². The second-order valence-electron chi connectivity index (χ2n) is 8.92. The molecule has 5 heteroatoms. The number of benzene rings is 1. The Bertz CT molecular complexity index is 943. The Morgan fingerprint density at radius 2 is 1.89 bits per heavy atom. The number of aliphatic hydroxyl groups is 1. The van der Waals surface area contributed by atoms with Crippen LogP contribution in [0, 0.1) is 24.7 Å². The minimum Gasteiger partial charge on any atom is -0.469 e. The molecule has 1 aliphatic carbocycles. The number of fused-ring (bicyclic) bond motifs is 1. The van der Waals surface area contributed by atoms with Crippen molar-refractivity contribution in [1.29, 1.82) is 0 Å². The number of hydrogen-bond donors (Lipinski definition) is 1. The molecular weight excluding hydrogens is 468 g/mol. The number of aryl methyl sites for hydroxylation is 2. The molecule has 1 aromatic carbocycles. The van der Waals surface area contributed by atoms with E-state index in [-0.39, 0.29) is 17.8 Å². The molecule has 1 aromatic heterocycles. The third kappa shape index (κ3) is 11.7. The lowest BCUT2D eigenvalue weighted by Crippen LogP contribution is -2.12. The van der Waals surface area contributed by atoms with Gasteiger partial charge in [-0.2, -0.15) is 0 Å². The van der Waals surface area contributed by atoms with Crippen molar-refractivity contribution in [1.82, 2.24) is 0 Å². The van der Waals surface area contributed by atoms with E-state index in [1.54, 1.807) is 0 Å². The van der Waals surface area contributed by atoms with Crippen LogP contribution in [0.4, 0.5) is 0 Å². The first-order chi connectivity index (χ1) is 17.2. The fourth-order valence-electron chi connectivity index (χ4n) is 4.00. The number of methoxy groups -OCH3 is 1. The number of unbranched alkanes of at least 4 members (excludes halogenated alkanes) is 1. The number of Topliss-reactive ketones (excluding diaryl/α,β-unsaturated/α-hetero) is 1. The Hall–Kier alpha value is -2.24. The first-order valence-corrected chi connectivity index (χ1v) is 14.0. The zero-order valence-corrected chi connectivity index (χ0v) is 24.5. The number of carbonyl (C=O) groups is 2. The van der Waals surface area contributed by atoms with E-state index in [0.29, 0.717) is 18.1 Å². The highest BCUT2D eigenvalue weighted by Crippen LogP contribution is 2.35. The zero-order chi connectivity index (χ0) is 27.7. The molecule has 0 amide bonds. The topological polar surface area (TPSA) is 63.6 Å². The summed E-state index contributed by atoms with van der Waals surface area (Å²) in [5.41, 5.74) is 1.34. The van der Waals surface area contributed by atoms with E-state index in [1.807, 2.05) is 44.3 Å². The maximum Gasteiger partial charge on any atom is 0.302 e. The summed E-state index contributed by atoms with van der Waals surface area (Å²) in [5.74, 6) is 0.866. The van der Waals surface area contributed by atoms with Crippen LogP contribution in [-0.4, -0.2) is 30.1 Å². The van der Waals surface area contributed by atoms with Crippen LogP contribution in [0.25, 0.3) is 10.1 Å². The number of carbonyl (C=O) groups excluding carboxylic acids is 2. The molecule has 0 aliphatic heterocycles. The van der Waals surface area contributed by atoms with Crippen LogP contribution in [0.15, 0.2) is 49.1 Å². The van der Waals surface area contributed by atoms with Gasteiger partial charge < -0.3 is 9.84 Å². The third-order valence-electron chi connectivity index (χ3n) is 6.21.